The van der Waals surface area contributed by atoms with E-state index in [4.69, 9.17) is 0 Å². The number of nitrogens with one attached hydrogen (secondary N) is 1. The van der Waals surface area contributed by atoms with E-state index in [0.29, 0.717) is 5.92 Å². The van der Waals surface area contributed by atoms with Crippen molar-refractivity contribution in [2.75, 3.05) is 18.5 Å². The fraction of sp³-hybridized carbons (Fsp3) is 0.647. The first-order valence-electron chi connectivity index (χ1n) is 7.46. The molecule has 0 aromatic heterocycles. The van der Waals surface area contributed by atoms with Gasteiger partial charge in [0, 0.05) is 24.3 Å². The Labute approximate surface area is 118 Å². The standard InChI is InChI=1S/C17H28N2/c1-7-19-16-8-12(2)14(11-18-6)9-15(16)13(3)10-17(19,4)5/h8-9,13,18H,7,10-11H2,1-6H3. The van der Waals surface area contributed by atoms with Crippen LogP contribution in [0.15, 0.2) is 12.1 Å². The molecule has 0 radical (unpaired) electrons. The molecule has 1 heterocycles. The third-order valence-corrected chi connectivity index (χ3v) is 4.53. The zero-order valence-electron chi connectivity index (χ0n) is 13.3. The van der Waals surface area contributed by atoms with E-state index in [9.17, 15) is 0 Å². The Kier molecular flexibility index (Phi) is 3.91. The summed E-state index contributed by atoms with van der Waals surface area (Å²) in [4.78, 5) is 2.57. The van der Waals surface area contributed by atoms with Crippen LogP contribution in [0, 0.1) is 6.92 Å². The molecule has 2 rings (SSSR count). The zero-order valence-corrected chi connectivity index (χ0v) is 13.3. The number of hydrogen-bond donors (Lipinski definition) is 1. The Balaban J connectivity index is 2.53. The summed E-state index contributed by atoms with van der Waals surface area (Å²) in [5.74, 6) is 0.643. The van der Waals surface area contributed by atoms with Gasteiger partial charge in [0.25, 0.3) is 0 Å². The van der Waals surface area contributed by atoms with Gasteiger partial charge in [-0.3, -0.25) is 0 Å². The molecule has 2 nitrogen and oxygen atoms in total. The first-order valence-corrected chi connectivity index (χ1v) is 7.46. The van der Waals surface area contributed by atoms with E-state index in [0.717, 1.165) is 13.1 Å². The summed E-state index contributed by atoms with van der Waals surface area (Å²) >= 11 is 0. The molecule has 0 spiro atoms. The molecular weight excluding hydrogens is 232 g/mol. The normalized spacial score (nSPS) is 21.4. The third-order valence-electron chi connectivity index (χ3n) is 4.53. The lowest BCUT2D eigenvalue weighted by atomic mass is 9.79. The van der Waals surface area contributed by atoms with Gasteiger partial charge < -0.3 is 10.2 Å². The predicted octanol–water partition coefficient (Wildman–Crippen LogP) is 3.83. The largest absolute Gasteiger partial charge is 0.366 e. The van der Waals surface area contributed by atoms with E-state index >= 15 is 0 Å². The van der Waals surface area contributed by atoms with Crippen molar-refractivity contribution in [2.24, 2.45) is 0 Å². The Hall–Kier alpha value is -1.02. The minimum Gasteiger partial charge on any atom is -0.366 e. The third kappa shape index (κ3) is 2.51. The van der Waals surface area contributed by atoms with Crippen LogP contribution in [0.1, 0.15) is 56.7 Å². The average molecular weight is 260 g/mol. The Morgan fingerprint density at radius 3 is 2.63 bits per heavy atom. The number of aryl methyl sites for hydroxylation is 1. The number of fused-ring (bicyclic) bond motifs is 1. The van der Waals surface area contributed by atoms with E-state index in [-0.39, 0.29) is 5.54 Å². The summed E-state index contributed by atoms with van der Waals surface area (Å²) in [5.41, 5.74) is 6.07. The quantitative estimate of drug-likeness (QED) is 0.888. The lowest BCUT2D eigenvalue weighted by Gasteiger charge is -2.47. The Bertz CT molecular complexity index is 463. The van der Waals surface area contributed by atoms with E-state index in [2.05, 4.69) is 57.0 Å². The minimum atomic E-state index is 0.262. The molecule has 1 atom stereocenters. The van der Waals surface area contributed by atoms with Crippen molar-refractivity contribution < 1.29 is 0 Å². The van der Waals surface area contributed by atoms with Gasteiger partial charge in [-0.1, -0.05) is 13.0 Å². The fourth-order valence-electron chi connectivity index (χ4n) is 3.66. The van der Waals surface area contributed by atoms with Gasteiger partial charge in [0.2, 0.25) is 0 Å². The van der Waals surface area contributed by atoms with Crippen LogP contribution in [-0.2, 0) is 6.54 Å². The van der Waals surface area contributed by atoms with Crippen LogP contribution >= 0.6 is 0 Å². The van der Waals surface area contributed by atoms with Gasteiger partial charge in [-0.25, -0.2) is 0 Å². The lowest BCUT2D eigenvalue weighted by molar-refractivity contribution is 0.381. The number of hydrogen-bond acceptors (Lipinski definition) is 2. The molecule has 0 aliphatic carbocycles. The van der Waals surface area contributed by atoms with Gasteiger partial charge in [0.1, 0.15) is 0 Å². The van der Waals surface area contributed by atoms with Crippen molar-refractivity contribution in [1.29, 1.82) is 0 Å². The molecule has 0 fully saturated rings. The maximum atomic E-state index is 3.27. The smallest absolute Gasteiger partial charge is 0.0408 e. The second-order valence-electron chi connectivity index (χ2n) is 6.53. The number of rotatable bonds is 3. The van der Waals surface area contributed by atoms with Crippen LogP contribution in [0.25, 0.3) is 0 Å². The maximum Gasteiger partial charge on any atom is 0.0408 e. The molecule has 0 saturated carbocycles. The van der Waals surface area contributed by atoms with Crippen LogP contribution in [0.3, 0.4) is 0 Å². The summed E-state index contributed by atoms with van der Waals surface area (Å²) in [6.07, 6.45) is 1.23. The van der Waals surface area contributed by atoms with Crippen molar-refractivity contribution in [3.05, 3.63) is 28.8 Å². The Morgan fingerprint density at radius 2 is 2.05 bits per heavy atom. The summed E-state index contributed by atoms with van der Waals surface area (Å²) in [6, 6.07) is 4.81. The highest BCUT2D eigenvalue weighted by molar-refractivity contribution is 5.62. The molecular formula is C17H28N2. The number of benzene rings is 1. The highest BCUT2D eigenvalue weighted by Crippen LogP contribution is 2.44. The van der Waals surface area contributed by atoms with Crippen molar-refractivity contribution in [3.63, 3.8) is 0 Å². The first-order chi connectivity index (χ1) is 8.90. The van der Waals surface area contributed by atoms with Crippen LogP contribution < -0.4 is 10.2 Å². The van der Waals surface area contributed by atoms with Gasteiger partial charge in [0.05, 0.1) is 0 Å². The predicted molar refractivity (Wildman–Crippen MR) is 84.1 cm³/mol. The molecule has 106 valence electrons. The van der Waals surface area contributed by atoms with Crippen molar-refractivity contribution in [2.45, 2.75) is 59.0 Å². The molecule has 0 saturated heterocycles. The van der Waals surface area contributed by atoms with Crippen LogP contribution in [0.5, 0.6) is 0 Å². The molecule has 1 N–H and O–H groups in total. The summed E-state index contributed by atoms with van der Waals surface area (Å²) < 4.78 is 0. The monoisotopic (exact) mass is 260 g/mol. The van der Waals surface area contributed by atoms with Gasteiger partial charge in [-0.2, -0.15) is 0 Å². The second kappa shape index (κ2) is 5.16. The molecule has 1 aliphatic rings. The molecule has 1 aliphatic heterocycles. The molecule has 19 heavy (non-hydrogen) atoms. The van der Waals surface area contributed by atoms with E-state index in [1.807, 2.05) is 7.05 Å². The lowest BCUT2D eigenvalue weighted by Crippen LogP contribution is -2.48. The van der Waals surface area contributed by atoms with E-state index < -0.39 is 0 Å². The topological polar surface area (TPSA) is 15.3 Å². The van der Waals surface area contributed by atoms with Gasteiger partial charge in [-0.15, -0.1) is 0 Å². The molecule has 1 aromatic rings. The highest BCUT2D eigenvalue weighted by Gasteiger charge is 2.35. The maximum absolute atomic E-state index is 3.27. The summed E-state index contributed by atoms with van der Waals surface area (Å²) in [5, 5.41) is 3.27. The highest BCUT2D eigenvalue weighted by atomic mass is 15.2. The van der Waals surface area contributed by atoms with Gasteiger partial charge in [-0.05, 0) is 69.8 Å². The zero-order chi connectivity index (χ0) is 14.2. The molecule has 2 heteroatoms. The molecule has 0 bridgehead atoms. The van der Waals surface area contributed by atoms with Crippen LogP contribution in [0.4, 0.5) is 5.69 Å². The molecule has 1 aromatic carbocycles. The SMILES string of the molecule is CCN1c2cc(C)c(CNC)cc2C(C)CC1(C)C. The second-order valence-corrected chi connectivity index (χ2v) is 6.53. The minimum absolute atomic E-state index is 0.262. The summed E-state index contributed by atoms with van der Waals surface area (Å²) in [6.45, 7) is 13.6. The average Bonchev–Trinajstić information content (AvgIpc) is 2.31. The molecule has 0 amide bonds. The van der Waals surface area contributed by atoms with Crippen LogP contribution in [0.2, 0.25) is 0 Å². The molecule has 1 unspecified atom stereocenters. The van der Waals surface area contributed by atoms with Gasteiger partial charge >= 0.3 is 0 Å². The van der Waals surface area contributed by atoms with Crippen molar-refractivity contribution >= 4 is 5.69 Å². The van der Waals surface area contributed by atoms with Crippen molar-refractivity contribution in [1.82, 2.24) is 5.32 Å². The number of anilines is 1. The van der Waals surface area contributed by atoms with E-state index in [1.54, 1.807) is 0 Å². The number of nitrogens with zero attached hydrogens (tertiary/aromatic N) is 1. The summed E-state index contributed by atoms with van der Waals surface area (Å²) in [7, 11) is 2.02. The first kappa shape index (κ1) is 14.4. The van der Waals surface area contributed by atoms with E-state index in [1.165, 1.54) is 28.8 Å². The Morgan fingerprint density at radius 1 is 1.37 bits per heavy atom. The van der Waals surface area contributed by atoms with Gasteiger partial charge in [0.15, 0.2) is 0 Å². The fourth-order valence-corrected chi connectivity index (χ4v) is 3.66. The van der Waals surface area contributed by atoms with Crippen LogP contribution in [-0.4, -0.2) is 19.1 Å². The van der Waals surface area contributed by atoms with Crippen molar-refractivity contribution in [3.8, 4) is 0 Å².